The number of piperazine rings is 1. The number of nitrogens with zero attached hydrogens (tertiary/aromatic N) is 4. The van der Waals surface area contributed by atoms with Crippen molar-refractivity contribution in [2.45, 2.75) is 31.6 Å². The highest BCUT2D eigenvalue weighted by Crippen LogP contribution is 2.24. The first-order chi connectivity index (χ1) is 13.3. The first-order valence-corrected chi connectivity index (χ1v) is 11.6. The lowest BCUT2D eigenvalue weighted by Crippen LogP contribution is -2.47. The Morgan fingerprint density at radius 2 is 1.82 bits per heavy atom. The molecule has 5 nitrogen and oxygen atoms in total. The van der Waals surface area contributed by atoms with E-state index in [1.54, 1.807) is 18.2 Å². The van der Waals surface area contributed by atoms with Crippen LogP contribution in [0.1, 0.15) is 31.3 Å². The third-order valence-electron chi connectivity index (χ3n) is 4.80. The molecule has 0 aliphatic carbocycles. The van der Waals surface area contributed by atoms with Crippen LogP contribution < -0.4 is 4.90 Å². The zero-order chi connectivity index (χ0) is 20.3. The number of hydrogen-bond acceptors (Lipinski definition) is 5. The lowest BCUT2D eigenvalue weighted by atomic mass is 10.2. The lowest BCUT2D eigenvalue weighted by molar-refractivity contribution is 0.272. The van der Waals surface area contributed by atoms with Gasteiger partial charge in [0.15, 0.2) is 0 Å². The van der Waals surface area contributed by atoms with Gasteiger partial charge in [0, 0.05) is 61.2 Å². The summed E-state index contributed by atoms with van der Waals surface area (Å²) in [5, 5.41) is 1.06. The first kappa shape index (κ1) is 21.5. The number of anilines is 1. The summed E-state index contributed by atoms with van der Waals surface area (Å²) < 4.78 is 12.6. The molecule has 0 radical (unpaired) electrons. The van der Waals surface area contributed by atoms with Crippen molar-refractivity contribution in [2.75, 3.05) is 43.4 Å². The van der Waals surface area contributed by atoms with Gasteiger partial charge in [-0.3, -0.25) is 9.11 Å². The van der Waals surface area contributed by atoms with Crippen LogP contribution in [0.25, 0.3) is 0 Å². The molecule has 0 amide bonds. The minimum absolute atomic E-state index is 0.313. The maximum absolute atomic E-state index is 12.6. The van der Waals surface area contributed by atoms with Gasteiger partial charge in [0.05, 0.1) is 20.7 Å². The van der Waals surface area contributed by atoms with E-state index in [0.717, 1.165) is 50.1 Å². The zero-order valence-corrected chi connectivity index (χ0v) is 18.8. The first-order valence-electron chi connectivity index (χ1n) is 9.50. The number of hydrogen-bond donors (Lipinski definition) is 0. The molecule has 28 heavy (non-hydrogen) atoms. The smallest absolute Gasteiger partial charge is 0.133 e. The van der Waals surface area contributed by atoms with Gasteiger partial charge in [-0.2, -0.15) is 0 Å². The van der Waals surface area contributed by atoms with Gasteiger partial charge in [0.2, 0.25) is 0 Å². The third kappa shape index (κ3) is 5.44. The Kier molecular flexibility index (Phi) is 7.31. The van der Waals surface area contributed by atoms with E-state index in [4.69, 9.17) is 28.2 Å². The summed E-state index contributed by atoms with van der Waals surface area (Å²) in [6.45, 7) is 10.6. The van der Waals surface area contributed by atoms with E-state index in [9.17, 15) is 4.21 Å². The molecule has 1 aliphatic rings. The van der Waals surface area contributed by atoms with Gasteiger partial charge in [-0.1, -0.05) is 37.0 Å². The normalized spacial score (nSPS) is 16.6. The summed E-state index contributed by atoms with van der Waals surface area (Å²) in [6.07, 6.45) is 0. The van der Waals surface area contributed by atoms with Gasteiger partial charge in [-0.15, -0.1) is 0 Å². The lowest BCUT2D eigenvalue weighted by Gasteiger charge is -2.35. The standard InChI is InChI=1S/C20H26Cl2N4OS/c1-14(2)20-23-15(3)12-19(24-20)26-8-6-25(7-9-26)10-11-28(27)18-13-16(21)4-5-17(18)22/h4-5,12-14H,6-11H2,1-3H3/t28-/m0/s1. The van der Waals surface area contributed by atoms with E-state index >= 15 is 0 Å². The van der Waals surface area contributed by atoms with E-state index in [0.29, 0.717) is 26.6 Å². The fourth-order valence-corrected chi connectivity index (χ4v) is 4.97. The van der Waals surface area contributed by atoms with Crippen LogP contribution in [0.5, 0.6) is 0 Å². The highest BCUT2D eigenvalue weighted by atomic mass is 35.5. The van der Waals surface area contributed by atoms with Crippen molar-refractivity contribution in [2.24, 2.45) is 0 Å². The fourth-order valence-electron chi connectivity index (χ4n) is 3.17. The molecule has 1 aromatic heterocycles. The quantitative estimate of drug-likeness (QED) is 0.674. The predicted octanol–water partition coefficient (Wildman–Crippen LogP) is 4.15. The van der Waals surface area contributed by atoms with Crippen molar-refractivity contribution in [1.82, 2.24) is 14.9 Å². The minimum Gasteiger partial charge on any atom is -0.354 e. The summed E-state index contributed by atoms with van der Waals surface area (Å²) in [5.74, 6) is 2.76. The monoisotopic (exact) mass is 440 g/mol. The van der Waals surface area contributed by atoms with Gasteiger partial charge in [0.25, 0.3) is 0 Å². The predicted molar refractivity (Wildman–Crippen MR) is 117 cm³/mol. The SMILES string of the molecule is Cc1cc(N2CCN(CC[S@](=O)c3cc(Cl)ccc3Cl)CC2)nc(C(C)C)n1. The molecule has 0 saturated carbocycles. The summed E-state index contributed by atoms with van der Waals surface area (Å²) in [7, 11) is -1.16. The Bertz CT molecular complexity index is 854. The highest BCUT2D eigenvalue weighted by molar-refractivity contribution is 7.85. The zero-order valence-electron chi connectivity index (χ0n) is 16.5. The van der Waals surface area contributed by atoms with Crippen LogP contribution in [0.3, 0.4) is 0 Å². The van der Waals surface area contributed by atoms with Gasteiger partial charge in [-0.05, 0) is 25.1 Å². The molecular formula is C20H26Cl2N4OS. The van der Waals surface area contributed by atoms with Crippen LogP contribution in [-0.2, 0) is 10.8 Å². The topological polar surface area (TPSA) is 49.3 Å². The Labute approximate surface area is 179 Å². The Hall–Kier alpha value is -1.21. The van der Waals surface area contributed by atoms with Gasteiger partial charge in [0.1, 0.15) is 11.6 Å². The van der Waals surface area contributed by atoms with E-state index in [1.165, 1.54) is 0 Å². The van der Waals surface area contributed by atoms with Crippen LogP contribution in [0.2, 0.25) is 10.0 Å². The maximum atomic E-state index is 12.6. The van der Waals surface area contributed by atoms with Crippen molar-refractivity contribution in [3.8, 4) is 0 Å². The van der Waals surface area contributed by atoms with Crippen LogP contribution in [0.4, 0.5) is 5.82 Å². The minimum atomic E-state index is -1.16. The Morgan fingerprint density at radius 1 is 1.11 bits per heavy atom. The number of halogens is 2. The Balaban J connectivity index is 1.55. The molecule has 2 heterocycles. The molecule has 152 valence electrons. The van der Waals surface area contributed by atoms with Crippen molar-refractivity contribution in [3.63, 3.8) is 0 Å². The van der Waals surface area contributed by atoms with Crippen molar-refractivity contribution < 1.29 is 4.21 Å². The summed E-state index contributed by atoms with van der Waals surface area (Å²) >= 11 is 12.2. The molecule has 8 heteroatoms. The van der Waals surface area contributed by atoms with Crippen LogP contribution in [0.15, 0.2) is 29.2 Å². The molecule has 0 N–H and O–H groups in total. The van der Waals surface area contributed by atoms with Crippen LogP contribution in [-0.4, -0.2) is 57.6 Å². The van der Waals surface area contributed by atoms with E-state index in [1.807, 2.05) is 6.92 Å². The molecule has 1 aromatic carbocycles. The second kappa shape index (κ2) is 9.53. The molecule has 0 spiro atoms. The molecule has 1 fully saturated rings. The Morgan fingerprint density at radius 3 is 2.50 bits per heavy atom. The van der Waals surface area contributed by atoms with Gasteiger partial charge >= 0.3 is 0 Å². The number of aromatic nitrogens is 2. The van der Waals surface area contributed by atoms with Gasteiger partial charge < -0.3 is 4.90 Å². The molecule has 1 saturated heterocycles. The number of benzene rings is 1. The van der Waals surface area contributed by atoms with E-state index in [-0.39, 0.29) is 0 Å². The molecule has 0 unspecified atom stereocenters. The molecular weight excluding hydrogens is 415 g/mol. The summed E-state index contributed by atoms with van der Waals surface area (Å²) in [4.78, 5) is 14.5. The molecule has 1 atom stereocenters. The fraction of sp³-hybridized carbons (Fsp3) is 0.500. The van der Waals surface area contributed by atoms with Crippen molar-refractivity contribution >= 4 is 39.8 Å². The average molecular weight is 441 g/mol. The van der Waals surface area contributed by atoms with Crippen molar-refractivity contribution in [3.05, 3.63) is 45.8 Å². The highest BCUT2D eigenvalue weighted by Gasteiger charge is 2.20. The summed E-state index contributed by atoms with van der Waals surface area (Å²) in [5.41, 5.74) is 1.00. The third-order valence-corrected chi connectivity index (χ3v) is 6.86. The van der Waals surface area contributed by atoms with Crippen LogP contribution in [0, 0.1) is 6.92 Å². The van der Waals surface area contributed by atoms with Crippen LogP contribution >= 0.6 is 23.2 Å². The molecule has 2 aromatic rings. The second-order valence-electron chi connectivity index (χ2n) is 7.33. The second-order valence-corrected chi connectivity index (χ2v) is 9.72. The average Bonchev–Trinajstić information content (AvgIpc) is 2.68. The molecule has 3 rings (SSSR count). The largest absolute Gasteiger partial charge is 0.354 e. The number of aryl methyl sites for hydroxylation is 1. The maximum Gasteiger partial charge on any atom is 0.133 e. The number of rotatable bonds is 6. The van der Waals surface area contributed by atoms with Gasteiger partial charge in [-0.25, -0.2) is 9.97 Å². The summed E-state index contributed by atoms with van der Waals surface area (Å²) in [6, 6.07) is 7.16. The van der Waals surface area contributed by atoms with E-state index < -0.39 is 10.8 Å². The van der Waals surface area contributed by atoms with E-state index in [2.05, 4.69) is 34.7 Å². The molecule has 0 bridgehead atoms. The van der Waals surface area contributed by atoms with Crippen molar-refractivity contribution in [1.29, 1.82) is 0 Å². The molecule has 1 aliphatic heterocycles.